The number of hydrogen-bond donors (Lipinski definition) is 0. The highest BCUT2D eigenvalue weighted by Gasteiger charge is 2.13. The number of thiazole rings is 1. The molecule has 0 aliphatic heterocycles. The van der Waals surface area contributed by atoms with Gasteiger partial charge in [0.05, 0.1) is 10.6 Å². The second kappa shape index (κ2) is 6.50. The second-order valence-electron chi connectivity index (χ2n) is 4.91. The number of benzene rings is 2. The molecule has 0 aliphatic rings. The van der Waals surface area contributed by atoms with Gasteiger partial charge < -0.3 is 0 Å². The minimum absolute atomic E-state index is 0.000958. The van der Waals surface area contributed by atoms with Gasteiger partial charge in [-0.3, -0.25) is 4.79 Å². The van der Waals surface area contributed by atoms with Gasteiger partial charge in [0.2, 0.25) is 0 Å². The van der Waals surface area contributed by atoms with E-state index in [1.807, 2.05) is 73.7 Å². The Labute approximate surface area is 133 Å². The Kier molecular flexibility index (Phi) is 4.26. The molecule has 108 valence electrons. The number of nitrogens with zero attached hydrogens (tertiary/aromatic N) is 1. The van der Waals surface area contributed by atoms with Crippen molar-refractivity contribution >= 4 is 23.2 Å². The molecule has 0 radical (unpaired) electrons. The summed E-state index contributed by atoms with van der Waals surface area (Å²) in [6, 6.07) is 19.7. The molecule has 3 aromatic rings. The maximum atomic E-state index is 12.4. The molecule has 0 spiro atoms. The molecule has 0 atom stereocenters. The third kappa shape index (κ3) is 3.21. The van der Waals surface area contributed by atoms with Crippen molar-refractivity contribution < 1.29 is 4.79 Å². The van der Waals surface area contributed by atoms with Gasteiger partial charge in [0.25, 0.3) is 0 Å². The third-order valence-corrected chi connectivity index (χ3v) is 4.49. The number of hydrogen-bond acceptors (Lipinski definition) is 3. The lowest BCUT2D eigenvalue weighted by Gasteiger charge is -1.93. The molecule has 1 heterocycles. The Morgan fingerprint density at radius 2 is 1.64 bits per heavy atom. The van der Waals surface area contributed by atoms with Gasteiger partial charge in [-0.1, -0.05) is 66.7 Å². The number of carbonyl (C=O) groups excluding carboxylic acids is 1. The first-order chi connectivity index (χ1) is 10.7. The Bertz CT molecular complexity index is 804. The molecule has 0 aliphatic carbocycles. The van der Waals surface area contributed by atoms with E-state index in [4.69, 9.17) is 0 Å². The second-order valence-corrected chi connectivity index (χ2v) is 5.91. The average Bonchev–Trinajstić information content (AvgIpc) is 2.96. The molecule has 2 nitrogen and oxygen atoms in total. The fourth-order valence-electron chi connectivity index (χ4n) is 2.14. The van der Waals surface area contributed by atoms with Crippen LogP contribution in [0.4, 0.5) is 0 Å². The van der Waals surface area contributed by atoms with Gasteiger partial charge in [-0.25, -0.2) is 4.98 Å². The number of ketones is 1. The fourth-order valence-corrected chi connectivity index (χ4v) is 3.13. The predicted octanol–water partition coefficient (Wildman–Crippen LogP) is 5.01. The molecule has 2 aromatic carbocycles. The summed E-state index contributed by atoms with van der Waals surface area (Å²) in [4.78, 5) is 17.6. The van der Waals surface area contributed by atoms with E-state index in [1.165, 1.54) is 11.3 Å². The van der Waals surface area contributed by atoms with Gasteiger partial charge in [-0.05, 0) is 18.6 Å². The highest BCUT2D eigenvalue weighted by atomic mass is 32.1. The van der Waals surface area contributed by atoms with E-state index in [-0.39, 0.29) is 5.78 Å². The van der Waals surface area contributed by atoms with E-state index in [1.54, 1.807) is 6.08 Å². The quantitative estimate of drug-likeness (QED) is 0.500. The Balaban J connectivity index is 1.85. The van der Waals surface area contributed by atoms with Crippen molar-refractivity contribution in [3.63, 3.8) is 0 Å². The highest BCUT2D eigenvalue weighted by Crippen LogP contribution is 2.28. The molecule has 3 rings (SSSR count). The molecule has 0 saturated heterocycles. The molecule has 22 heavy (non-hydrogen) atoms. The standard InChI is InChI=1S/C19H15NOS/c1-14-18(17(21)13-12-15-8-4-2-5-9-15)22-19(20-14)16-10-6-3-7-11-16/h2-13H,1H3/b13-12+. The summed E-state index contributed by atoms with van der Waals surface area (Å²) in [5.74, 6) is 0.000958. The SMILES string of the molecule is Cc1nc(-c2ccccc2)sc1C(=O)/C=C/c1ccccc1. The first-order valence-electron chi connectivity index (χ1n) is 7.04. The number of aryl methyl sites for hydroxylation is 1. The van der Waals surface area contributed by atoms with Crippen molar-refractivity contribution in [2.45, 2.75) is 6.92 Å². The van der Waals surface area contributed by atoms with E-state index in [0.29, 0.717) is 4.88 Å². The van der Waals surface area contributed by atoms with Crippen molar-refractivity contribution in [1.82, 2.24) is 4.98 Å². The van der Waals surface area contributed by atoms with Crippen LogP contribution in [0.15, 0.2) is 66.7 Å². The molecule has 1 aromatic heterocycles. The normalized spacial score (nSPS) is 11.0. The van der Waals surface area contributed by atoms with Crippen LogP contribution in [0.2, 0.25) is 0 Å². The third-order valence-electron chi connectivity index (χ3n) is 3.27. The van der Waals surface area contributed by atoms with Gasteiger partial charge >= 0.3 is 0 Å². The number of rotatable bonds is 4. The summed E-state index contributed by atoms with van der Waals surface area (Å²) in [6.45, 7) is 1.88. The molecule has 0 N–H and O–H groups in total. The first kappa shape index (κ1) is 14.4. The number of allylic oxidation sites excluding steroid dienone is 1. The van der Waals surface area contributed by atoms with Gasteiger partial charge in [-0.2, -0.15) is 0 Å². The van der Waals surface area contributed by atoms with Crippen LogP contribution in [0.25, 0.3) is 16.6 Å². The summed E-state index contributed by atoms with van der Waals surface area (Å²) >= 11 is 1.44. The van der Waals surface area contributed by atoms with Crippen LogP contribution in [0.5, 0.6) is 0 Å². The molecule has 0 amide bonds. The molecule has 0 fully saturated rings. The zero-order valence-corrected chi connectivity index (χ0v) is 13.0. The number of carbonyl (C=O) groups is 1. The van der Waals surface area contributed by atoms with Crippen LogP contribution >= 0.6 is 11.3 Å². The van der Waals surface area contributed by atoms with Crippen LogP contribution in [0.3, 0.4) is 0 Å². The molecule has 3 heteroatoms. The number of aromatic nitrogens is 1. The van der Waals surface area contributed by atoms with Gasteiger partial charge in [0.15, 0.2) is 5.78 Å². The van der Waals surface area contributed by atoms with Crippen LogP contribution < -0.4 is 0 Å². The van der Waals surface area contributed by atoms with E-state index in [9.17, 15) is 4.79 Å². The predicted molar refractivity (Wildman–Crippen MR) is 92.1 cm³/mol. The summed E-state index contributed by atoms with van der Waals surface area (Å²) in [6.07, 6.45) is 3.45. The van der Waals surface area contributed by atoms with Crippen molar-refractivity contribution in [3.05, 3.63) is 82.9 Å². The lowest BCUT2D eigenvalue weighted by molar-refractivity contribution is 0.105. The summed E-state index contributed by atoms with van der Waals surface area (Å²) in [5, 5.41) is 0.884. The highest BCUT2D eigenvalue weighted by molar-refractivity contribution is 7.17. The van der Waals surface area contributed by atoms with Crippen molar-refractivity contribution in [2.24, 2.45) is 0 Å². The fraction of sp³-hybridized carbons (Fsp3) is 0.0526. The molecular weight excluding hydrogens is 290 g/mol. The van der Waals surface area contributed by atoms with Crippen LogP contribution in [-0.2, 0) is 0 Å². The lowest BCUT2D eigenvalue weighted by Crippen LogP contribution is -1.92. The molecule has 0 unspecified atom stereocenters. The van der Waals surface area contributed by atoms with E-state index < -0.39 is 0 Å². The molecule has 0 saturated carbocycles. The van der Waals surface area contributed by atoms with Crippen LogP contribution in [-0.4, -0.2) is 10.8 Å². The zero-order chi connectivity index (χ0) is 15.4. The molecular formula is C19H15NOS. The monoisotopic (exact) mass is 305 g/mol. The maximum absolute atomic E-state index is 12.4. The average molecular weight is 305 g/mol. The topological polar surface area (TPSA) is 30.0 Å². The Morgan fingerprint density at radius 3 is 2.32 bits per heavy atom. The Hall–Kier alpha value is -2.52. The van der Waals surface area contributed by atoms with Crippen molar-refractivity contribution in [3.8, 4) is 10.6 Å². The Morgan fingerprint density at radius 1 is 1.00 bits per heavy atom. The van der Waals surface area contributed by atoms with Gasteiger partial charge in [-0.15, -0.1) is 11.3 Å². The minimum atomic E-state index is 0.000958. The largest absolute Gasteiger partial charge is 0.288 e. The van der Waals surface area contributed by atoms with Crippen molar-refractivity contribution in [2.75, 3.05) is 0 Å². The van der Waals surface area contributed by atoms with Crippen molar-refractivity contribution in [1.29, 1.82) is 0 Å². The van der Waals surface area contributed by atoms with Gasteiger partial charge in [0.1, 0.15) is 5.01 Å². The van der Waals surface area contributed by atoms with E-state index in [2.05, 4.69) is 4.98 Å². The first-order valence-corrected chi connectivity index (χ1v) is 7.86. The van der Waals surface area contributed by atoms with Crippen LogP contribution in [0.1, 0.15) is 20.9 Å². The smallest absolute Gasteiger partial charge is 0.197 e. The van der Waals surface area contributed by atoms with E-state index >= 15 is 0 Å². The summed E-state index contributed by atoms with van der Waals surface area (Å²) < 4.78 is 0. The summed E-state index contributed by atoms with van der Waals surface area (Å²) in [7, 11) is 0. The maximum Gasteiger partial charge on any atom is 0.197 e. The van der Waals surface area contributed by atoms with Gasteiger partial charge in [0, 0.05) is 5.56 Å². The lowest BCUT2D eigenvalue weighted by atomic mass is 10.2. The van der Waals surface area contributed by atoms with E-state index in [0.717, 1.165) is 21.8 Å². The van der Waals surface area contributed by atoms with Crippen LogP contribution in [0, 0.1) is 6.92 Å². The molecule has 0 bridgehead atoms. The minimum Gasteiger partial charge on any atom is -0.288 e. The zero-order valence-electron chi connectivity index (χ0n) is 12.2. The summed E-state index contributed by atoms with van der Waals surface area (Å²) in [5.41, 5.74) is 2.84.